The van der Waals surface area contributed by atoms with Gasteiger partial charge < -0.3 is 14.1 Å². The van der Waals surface area contributed by atoms with E-state index in [4.69, 9.17) is 9.15 Å². The number of hydrogen-bond acceptors (Lipinski definition) is 3. The van der Waals surface area contributed by atoms with Crippen LogP contribution >= 0.6 is 0 Å². The monoisotopic (exact) mass is 259 g/mol. The number of carbonyl (C=O) groups is 1. The van der Waals surface area contributed by atoms with Crippen LogP contribution in [0.15, 0.2) is 47.3 Å². The maximum absolute atomic E-state index is 12.2. The number of nitrogens with zero attached hydrogens (tertiary/aromatic N) is 1. The molecule has 0 radical (unpaired) electrons. The quantitative estimate of drug-likeness (QED) is 0.847. The Kier molecular flexibility index (Phi) is 3.90. The molecule has 2 rings (SSSR count). The molecule has 1 atom stereocenters. The van der Waals surface area contributed by atoms with Gasteiger partial charge in [-0.25, -0.2) is 0 Å². The summed E-state index contributed by atoms with van der Waals surface area (Å²) in [7, 11) is 3.41. The topological polar surface area (TPSA) is 42.7 Å². The second kappa shape index (κ2) is 5.61. The molecule has 0 aliphatic rings. The standard InChI is InChI=1S/C15H17NO3/c1-11(12-4-6-14(18-3)7-5-12)16(2)15(17)13-8-9-19-10-13/h4-11H,1-3H3. The fourth-order valence-corrected chi connectivity index (χ4v) is 1.87. The number of methoxy groups -OCH3 is 1. The molecule has 4 nitrogen and oxygen atoms in total. The number of furan rings is 1. The van der Waals surface area contributed by atoms with E-state index in [-0.39, 0.29) is 11.9 Å². The van der Waals surface area contributed by atoms with Crippen LogP contribution in [-0.4, -0.2) is 25.0 Å². The van der Waals surface area contributed by atoms with Gasteiger partial charge in [0.1, 0.15) is 12.0 Å². The van der Waals surface area contributed by atoms with Crippen molar-refractivity contribution in [1.29, 1.82) is 0 Å². The number of hydrogen-bond donors (Lipinski definition) is 0. The van der Waals surface area contributed by atoms with Gasteiger partial charge in [0.15, 0.2) is 0 Å². The molecule has 0 saturated carbocycles. The third-order valence-corrected chi connectivity index (χ3v) is 3.27. The van der Waals surface area contributed by atoms with E-state index in [0.717, 1.165) is 11.3 Å². The first-order valence-electron chi connectivity index (χ1n) is 6.06. The normalized spacial score (nSPS) is 11.9. The van der Waals surface area contributed by atoms with Crippen molar-refractivity contribution in [1.82, 2.24) is 4.90 Å². The number of ether oxygens (including phenoxy) is 1. The van der Waals surface area contributed by atoms with Crippen LogP contribution in [0.5, 0.6) is 5.75 Å². The third kappa shape index (κ3) is 2.78. The lowest BCUT2D eigenvalue weighted by molar-refractivity contribution is 0.0742. The van der Waals surface area contributed by atoms with Gasteiger partial charge in [0.05, 0.1) is 25.0 Å². The van der Waals surface area contributed by atoms with Crippen molar-refractivity contribution in [2.24, 2.45) is 0 Å². The van der Waals surface area contributed by atoms with Crippen molar-refractivity contribution in [2.75, 3.05) is 14.2 Å². The Hall–Kier alpha value is -2.23. The third-order valence-electron chi connectivity index (χ3n) is 3.27. The van der Waals surface area contributed by atoms with Gasteiger partial charge in [-0.15, -0.1) is 0 Å². The molecule has 2 aromatic rings. The maximum Gasteiger partial charge on any atom is 0.257 e. The molecular weight excluding hydrogens is 242 g/mol. The van der Waals surface area contributed by atoms with Gasteiger partial charge in [-0.3, -0.25) is 4.79 Å². The molecule has 1 aromatic carbocycles. The van der Waals surface area contributed by atoms with E-state index in [1.54, 1.807) is 25.1 Å². The lowest BCUT2D eigenvalue weighted by atomic mass is 10.1. The first-order valence-corrected chi connectivity index (χ1v) is 6.06. The minimum absolute atomic E-state index is 0.0201. The van der Waals surface area contributed by atoms with Crippen molar-refractivity contribution in [3.05, 3.63) is 54.0 Å². The van der Waals surface area contributed by atoms with E-state index in [9.17, 15) is 4.79 Å². The minimum Gasteiger partial charge on any atom is -0.497 e. The van der Waals surface area contributed by atoms with Crippen molar-refractivity contribution in [3.63, 3.8) is 0 Å². The minimum atomic E-state index is -0.0583. The van der Waals surface area contributed by atoms with Crippen LogP contribution in [0.1, 0.15) is 28.9 Å². The Morgan fingerprint density at radius 1 is 1.26 bits per heavy atom. The molecule has 0 aliphatic carbocycles. The highest BCUT2D eigenvalue weighted by Crippen LogP contribution is 2.23. The molecule has 0 bridgehead atoms. The molecular formula is C15H17NO3. The van der Waals surface area contributed by atoms with Crippen molar-refractivity contribution in [3.8, 4) is 5.75 Å². The largest absolute Gasteiger partial charge is 0.497 e. The van der Waals surface area contributed by atoms with Gasteiger partial charge in [0.2, 0.25) is 0 Å². The summed E-state index contributed by atoms with van der Waals surface area (Å²) in [5.41, 5.74) is 1.61. The first-order chi connectivity index (χ1) is 9.13. The molecule has 0 fully saturated rings. The summed E-state index contributed by atoms with van der Waals surface area (Å²) in [5.74, 6) is 0.747. The van der Waals surface area contributed by atoms with Crippen molar-refractivity contribution in [2.45, 2.75) is 13.0 Å². The zero-order valence-electron chi connectivity index (χ0n) is 11.3. The Morgan fingerprint density at radius 2 is 1.95 bits per heavy atom. The van der Waals surface area contributed by atoms with Crippen molar-refractivity contribution < 1.29 is 13.9 Å². The fraction of sp³-hybridized carbons (Fsp3) is 0.267. The molecule has 19 heavy (non-hydrogen) atoms. The number of carbonyl (C=O) groups excluding carboxylic acids is 1. The lowest BCUT2D eigenvalue weighted by Gasteiger charge is -2.25. The summed E-state index contributed by atoms with van der Waals surface area (Å²) in [6.45, 7) is 1.99. The van der Waals surface area contributed by atoms with Gasteiger partial charge in [-0.1, -0.05) is 12.1 Å². The van der Waals surface area contributed by atoms with Gasteiger partial charge in [0, 0.05) is 7.05 Å². The molecule has 1 heterocycles. The molecule has 4 heteroatoms. The fourth-order valence-electron chi connectivity index (χ4n) is 1.87. The maximum atomic E-state index is 12.2. The van der Waals surface area contributed by atoms with Gasteiger partial charge in [-0.05, 0) is 30.7 Å². The highest BCUT2D eigenvalue weighted by atomic mass is 16.5. The zero-order valence-corrected chi connectivity index (χ0v) is 11.3. The summed E-state index contributed by atoms with van der Waals surface area (Å²) in [6.07, 6.45) is 2.96. The number of benzene rings is 1. The molecule has 0 N–H and O–H groups in total. The first kappa shape index (κ1) is 13.2. The molecule has 1 amide bonds. The second-order valence-corrected chi connectivity index (χ2v) is 4.38. The van der Waals surface area contributed by atoms with Gasteiger partial charge in [0.25, 0.3) is 5.91 Å². The number of amides is 1. The van der Waals surface area contributed by atoms with E-state index in [2.05, 4.69) is 0 Å². The van der Waals surface area contributed by atoms with E-state index in [0.29, 0.717) is 5.56 Å². The lowest BCUT2D eigenvalue weighted by Crippen LogP contribution is -2.29. The zero-order chi connectivity index (χ0) is 13.8. The van der Waals surface area contributed by atoms with E-state index < -0.39 is 0 Å². The summed E-state index contributed by atoms with van der Waals surface area (Å²) >= 11 is 0. The molecule has 0 saturated heterocycles. The molecule has 1 unspecified atom stereocenters. The van der Waals surface area contributed by atoms with E-state index in [1.807, 2.05) is 31.2 Å². The van der Waals surface area contributed by atoms with E-state index >= 15 is 0 Å². The van der Waals surface area contributed by atoms with Gasteiger partial charge >= 0.3 is 0 Å². The molecule has 1 aromatic heterocycles. The summed E-state index contributed by atoms with van der Waals surface area (Å²) < 4.78 is 10.1. The van der Waals surface area contributed by atoms with Crippen molar-refractivity contribution >= 4 is 5.91 Å². The van der Waals surface area contributed by atoms with Crippen LogP contribution in [0.25, 0.3) is 0 Å². The van der Waals surface area contributed by atoms with Crippen LogP contribution in [0, 0.1) is 0 Å². The Bertz CT molecular complexity index is 531. The molecule has 0 aliphatic heterocycles. The number of rotatable bonds is 4. The van der Waals surface area contributed by atoms with Crippen LogP contribution in [0.4, 0.5) is 0 Å². The predicted molar refractivity (Wildman–Crippen MR) is 72.2 cm³/mol. The average molecular weight is 259 g/mol. The summed E-state index contributed by atoms with van der Waals surface area (Å²) in [5, 5.41) is 0. The summed E-state index contributed by atoms with van der Waals surface area (Å²) in [6, 6.07) is 9.35. The van der Waals surface area contributed by atoms with Crippen LogP contribution in [0.3, 0.4) is 0 Å². The highest BCUT2D eigenvalue weighted by Gasteiger charge is 2.19. The smallest absolute Gasteiger partial charge is 0.257 e. The Balaban J connectivity index is 2.13. The highest BCUT2D eigenvalue weighted by molar-refractivity contribution is 5.93. The van der Waals surface area contributed by atoms with Gasteiger partial charge in [-0.2, -0.15) is 0 Å². The predicted octanol–water partition coefficient (Wildman–Crippen LogP) is 3.12. The van der Waals surface area contributed by atoms with E-state index in [1.165, 1.54) is 12.5 Å². The Morgan fingerprint density at radius 3 is 2.47 bits per heavy atom. The van der Waals surface area contributed by atoms with Crippen LogP contribution in [-0.2, 0) is 0 Å². The average Bonchev–Trinajstić information content (AvgIpc) is 2.99. The SMILES string of the molecule is COc1ccc(C(C)N(C)C(=O)c2ccoc2)cc1. The summed E-state index contributed by atoms with van der Waals surface area (Å²) in [4.78, 5) is 13.9. The van der Waals surface area contributed by atoms with Crippen LogP contribution in [0.2, 0.25) is 0 Å². The molecule has 100 valence electrons. The van der Waals surface area contributed by atoms with Crippen LogP contribution < -0.4 is 4.74 Å². The molecule has 0 spiro atoms. The Labute approximate surface area is 112 Å². The second-order valence-electron chi connectivity index (χ2n) is 4.38.